The lowest BCUT2D eigenvalue weighted by atomic mass is 10.0. The van der Waals surface area contributed by atoms with Crippen molar-refractivity contribution >= 4 is 10.0 Å². The first-order valence-corrected chi connectivity index (χ1v) is 8.72. The molecule has 0 heterocycles. The van der Waals surface area contributed by atoms with Crippen molar-refractivity contribution in [1.29, 1.82) is 0 Å². The highest BCUT2D eigenvalue weighted by atomic mass is 32.2. The Labute approximate surface area is 132 Å². The van der Waals surface area contributed by atoms with Gasteiger partial charge in [-0.1, -0.05) is 36.4 Å². The number of benzene rings is 2. The van der Waals surface area contributed by atoms with Crippen molar-refractivity contribution < 1.29 is 13.2 Å². The molecule has 1 N–H and O–H groups in total. The smallest absolute Gasteiger partial charge is 0.216 e. The average Bonchev–Trinajstić information content (AvgIpc) is 2.49. The van der Waals surface area contributed by atoms with Gasteiger partial charge in [-0.2, -0.15) is 0 Å². The van der Waals surface area contributed by atoms with Crippen molar-refractivity contribution in [3.8, 4) is 5.75 Å². The van der Waals surface area contributed by atoms with Crippen LogP contribution in [0.2, 0.25) is 0 Å². The Hall–Kier alpha value is -1.85. The Kier molecular flexibility index (Phi) is 5.21. The van der Waals surface area contributed by atoms with Crippen LogP contribution >= 0.6 is 0 Å². The molecule has 0 bridgehead atoms. The van der Waals surface area contributed by atoms with Gasteiger partial charge in [0, 0.05) is 6.54 Å². The standard InChI is InChI=1S/C17H21NO3S/c1-13-14(2)17(21-3)10-9-16(13)11-18-22(19,20)12-15-7-5-4-6-8-15/h4-10,18H,11-12H2,1-3H3. The maximum absolute atomic E-state index is 12.2. The van der Waals surface area contributed by atoms with Crippen LogP contribution in [0.4, 0.5) is 0 Å². The Morgan fingerprint density at radius 3 is 2.32 bits per heavy atom. The molecule has 22 heavy (non-hydrogen) atoms. The number of methoxy groups -OCH3 is 1. The minimum atomic E-state index is -3.36. The molecule has 118 valence electrons. The second-order valence-electron chi connectivity index (χ2n) is 5.24. The quantitative estimate of drug-likeness (QED) is 0.890. The first kappa shape index (κ1) is 16.5. The molecule has 0 saturated carbocycles. The van der Waals surface area contributed by atoms with Gasteiger partial charge in [0.05, 0.1) is 12.9 Å². The number of ether oxygens (including phenoxy) is 1. The third kappa shape index (κ3) is 4.08. The molecule has 2 aromatic carbocycles. The molecule has 2 aromatic rings. The summed E-state index contributed by atoms with van der Waals surface area (Å²) >= 11 is 0. The molecule has 0 saturated heterocycles. The van der Waals surface area contributed by atoms with Gasteiger partial charge < -0.3 is 4.74 Å². The highest BCUT2D eigenvalue weighted by molar-refractivity contribution is 7.88. The molecule has 0 aliphatic heterocycles. The van der Waals surface area contributed by atoms with Crippen molar-refractivity contribution in [3.05, 3.63) is 64.7 Å². The van der Waals surface area contributed by atoms with Crippen LogP contribution in [0.25, 0.3) is 0 Å². The lowest BCUT2D eigenvalue weighted by molar-refractivity contribution is 0.411. The number of sulfonamides is 1. The van der Waals surface area contributed by atoms with Crippen molar-refractivity contribution in [1.82, 2.24) is 4.72 Å². The number of rotatable bonds is 6. The summed E-state index contributed by atoms with van der Waals surface area (Å²) in [6, 6.07) is 12.9. The Morgan fingerprint density at radius 1 is 1.00 bits per heavy atom. The maximum atomic E-state index is 12.2. The maximum Gasteiger partial charge on any atom is 0.216 e. The zero-order valence-corrected chi connectivity index (χ0v) is 13.9. The highest BCUT2D eigenvalue weighted by Crippen LogP contribution is 2.23. The summed E-state index contributed by atoms with van der Waals surface area (Å²) in [6.45, 7) is 4.22. The largest absolute Gasteiger partial charge is 0.496 e. The summed E-state index contributed by atoms with van der Waals surface area (Å²) in [6.07, 6.45) is 0. The van der Waals surface area contributed by atoms with Gasteiger partial charge in [-0.15, -0.1) is 0 Å². The fraction of sp³-hybridized carbons (Fsp3) is 0.294. The van der Waals surface area contributed by atoms with Crippen LogP contribution in [-0.4, -0.2) is 15.5 Å². The molecule has 0 radical (unpaired) electrons. The SMILES string of the molecule is COc1ccc(CNS(=O)(=O)Cc2ccccc2)c(C)c1C. The van der Waals surface area contributed by atoms with E-state index in [1.807, 2.05) is 56.3 Å². The second kappa shape index (κ2) is 6.94. The number of hydrogen-bond donors (Lipinski definition) is 1. The van der Waals surface area contributed by atoms with Gasteiger partial charge in [0.2, 0.25) is 10.0 Å². The van der Waals surface area contributed by atoms with Crippen LogP contribution in [0.1, 0.15) is 22.3 Å². The van der Waals surface area contributed by atoms with Gasteiger partial charge in [0.1, 0.15) is 5.75 Å². The van der Waals surface area contributed by atoms with Gasteiger partial charge >= 0.3 is 0 Å². The molecule has 0 fully saturated rings. The van der Waals surface area contributed by atoms with E-state index < -0.39 is 10.0 Å². The van der Waals surface area contributed by atoms with Crippen LogP contribution < -0.4 is 9.46 Å². The third-order valence-corrected chi connectivity index (χ3v) is 5.05. The Morgan fingerprint density at radius 2 is 1.68 bits per heavy atom. The van der Waals surface area contributed by atoms with Crippen molar-refractivity contribution in [2.75, 3.05) is 7.11 Å². The minimum absolute atomic E-state index is 0.0119. The van der Waals surface area contributed by atoms with Gasteiger partial charge in [-0.05, 0) is 42.2 Å². The third-order valence-electron chi connectivity index (χ3n) is 3.75. The average molecular weight is 319 g/mol. The van der Waals surface area contributed by atoms with Gasteiger partial charge in [0.25, 0.3) is 0 Å². The summed E-state index contributed by atoms with van der Waals surface area (Å²) < 4.78 is 32.2. The molecule has 0 aliphatic carbocycles. The number of hydrogen-bond acceptors (Lipinski definition) is 3. The first-order valence-electron chi connectivity index (χ1n) is 7.07. The Balaban J connectivity index is 2.08. The molecule has 0 amide bonds. The predicted molar refractivity (Wildman–Crippen MR) is 88.4 cm³/mol. The molecule has 0 unspecified atom stereocenters. The van der Waals surface area contributed by atoms with Crippen LogP contribution in [0.3, 0.4) is 0 Å². The summed E-state index contributed by atoms with van der Waals surface area (Å²) in [5.41, 5.74) is 3.80. The normalized spacial score (nSPS) is 11.4. The molecule has 0 aliphatic rings. The molecule has 0 atom stereocenters. The lowest BCUT2D eigenvalue weighted by Crippen LogP contribution is -2.25. The topological polar surface area (TPSA) is 55.4 Å². The minimum Gasteiger partial charge on any atom is -0.496 e. The molecule has 0 spiro atoms. The van der Waals surface area contributed by atoms with E-state index in [1.165, 1.54) is 0 Å². The van der Waals surface area contributed by atoms with Crippen molar-refractivity contribution in [2.45, 2.75) is 26.1 Å². The zero-order valence-electron chi connectivity index (χ0n) is 13.1. The fourth-order valence-corrected chi connectivity index (χ4v) is 3.41. The van der Waals surface area contributed by atoms with Crippen LogP contribution in [-0.2, 0) is 22.3 Å². The molecule has 0 aromatic heterocycles. The van der Waals surface area contributed by atoms with E-state index in [9.17, 15) is 8.42 Å². The molecular weight excluding hydrogens is 298 g/mol. The first-order chi connectivity index (χ1) is 10.4. The zero-order chi connectivity index (χ0) is 16.2. The summed E-state index contributed by atoms with van der Waals surface area (Å²) in [7, 11) is -1.73. The van der Waals surface area contributed by atoms with E-state index in [-0.39, 0.29) is 12.3 Å². The molecule has 2 rings (SSSR count). The van der Waals surface area contributed by atoms with E-state index in [0.717, 1.165) is 28.0 Å². The van der Waals surface area contributed by atoms with Crippen LogP contribution in [0.15, 0.2) is 42.5 Å². The molecular formula is C17H21NO3S. The van der Waals surface area contributed by atoms with Gasteiger partial charge in [-0.25, -0.2) is 13.1 Å². The molecule has 4 nitrogen and oxygen atoms in total. The second-order valence-corrected chi connectivity index (χ2v) is 7.05. The highest BCUT2D eigenvalue weighted by Gasteiger charge is 2.13. The van der Waals surface area contributed by atoms with Crippen LogP contribution in [0, 0.1) is 13.8 Å². The van der Waals surface area contributed by atoms with Crippen LogP contribution in [0.5, 0.6) is 5.75 Å². The summed E-state index contributed by atoms with van der Waals surface area (Å²) in [5.74, 6) is 0.801. The van der Waals surface area contributed by atoms with Crippen molar-refractivity contribution in [2.24, 2.45) is 0 Å². The van der Waals surface area contributed by atoms with E-state index >= 15 is 0 Å². The van der Waals surface area contributed by atoms with E-state index in [4.69, 9.17) is 4.74 Å². The summed E-state index contributed by atoms with van der Waals surface area (Å²) in [5, 5.41) is 0. The van der Waals surface area contributed by atoms with Gasteiger partial charge in [0.15, 0.2) is 0 Å². The predicted octanol–water partition coefficient (Wildman–Crippen LogP) is 2.93. The molecule has 5 heteroatoms. The van der Waals surface area contributed by atoms with E-state index in [0.29, 0.717) is 0 Å². The number of nitrogens with one attached hydrogen (secondary N) is 1. The summed E-state index contributed by atoms with van der Waals surface area (Å²) in [4.78, 5) is 0. The van der Waals surface area contributed by atoms with Gasteiger partial charge in [-0.3, -0.25) is 0 Å². The fourth-order valence-electron chi connectivity index (χ4n) is 2.30. The lowest BCUT2D eigenvalue weighted by Gasteiger charge is -2.13. The Bertz CT molecular complexity index is 740. The van der Waals surface area contributed by atoms with Crippen molar-refractivity contribution in [3.63, 3.8) is 0 Å². The monoisotopic (exact) mass is 319 g/mol. The van der Waals surface area contributed by atoms with E-state index in [2.05, 4.69) is 4.72 Å². The van der Waals surface area contributed by atoms with E-state index in [1.54, 1.807) is 7.11 Å².